The van der Waals surface area contributed by atoms with Gasteiger partial charge in [-0.15, -0.1) is 0 Å². The lowest BCUT2D eigenvalue weighted by molar-refractivity contribution is 0.210. The van der Waals surface area contributed by atoms with E-state index in [2.05, 4.69) is 20.4 Å². The zero-order valence-electron chi connectivity index (χ0n) is 11.8. The molecule has 1 saturated heterocycles. The maximum Gasteiger partial charge on any atom is 0.223 e. The van der Waals surface area contributed by atoms with Crippen LogP contribution >= 0.6 is 0 Å². The number of rotatable bonds is 3. The van der Waals surface area contributed by atoms with Crippen LogP contribution in [0.4, 0.5) is 0 Å². The molecule has 1 saturated carbocycles. The van der Waals surface area contributed by atoms with Crippen LogP contribution in [0.25, 0.3) is 0 Å². The highest BCUT2D eigenvalue weighted by atomic mass is 16.5. The zero-order chi connectivity index (χ0) is 13.1. The van der Waals surface area contributed by atoms with Gasteiger partial charge < -0.3 is 14.7 Å². The first-order chi connectivity index (χ1) is 9.26. The highest BCUT2D eigenvalue weighted by Crippen LogP contribution is 2.31. The average Bonchev–Trinajstić information content (AvgIpc) is 2.95. The van der Waals surface area contributed by atoms with Crippen LogP contribution in [0.2, 0.25) is 0 Å². The summed E-state index contributed by atoms with van der Waals surface area (Å²) in [5.41, 5.74) is 0.393. The van der Waals surface area contributed by atoms with Crippen molar-refractivity contribution in [2.75, 3.05) is 26.2 Å². The van der Waals surface area contributed by atoms with E-state index in [1.54, 1.807) is 0 Å². The molecule has 0 amide bonds. The molecule has 5 nitrogen and oxygen atoms in total. The Labute approximate surface area is 114 Å². The molecule has 1 aromatic heterocycles. The number of hydrogen-bond acceptors (Lipinski definition) is 5. The summed E-state index contributed by atoms with van der Waals surface area (Å²) in [4.78, 5) is 6.87. The minimum atomic E-state index is 0.393. The predicted molar refractivity (Wildman–Crippen MR) is 73.0 cm³/mol. The van der Waals surface area contributed by atoms with Gasteiger partial charge in [-0.25, -0.2) is 0 Å². The Balaban J connectivity index is 1.57. The quantitative estimate of drug-likeness (QED) is 0.897. The van der Waals surface area contributed by atoms with E-state index in [9.17, 15) is 0 Å². The molecule has 2 heterocycles. The maximum absolute atomic E-state index is 5.03. The molecule has 19 heavy (non-hydrogen) atoms. The van der Waals surface area contributed by atoms with E-state index in [1.165, 1.54) is 45.2 Å². The minimum Gasteiger partial charge on any atom is -0.340 e. The van der Waals surface area contributed by atoms with Crippen molar-refractivity contribution in [3.63, 3.8) is 0 Å². The second-order valence-electron chi connectivity index (χ2n) is 6.02. The van der Waals surface area contributed by atoms with Crippen molar-refractivity contribution in [1.82, 2.24) is 20.4 Å². The summed E-state index contributed by atoms with van der Waals surface area (Å²) in [6.07, 6.45) is 7.58. The van der Waals surface area contributed by atoms with Crippen LogP contribution in [0.15, 0.2) is 4.52 Å². The highest BCUT2D eigenvalue weighted by Gasteiger charge is 2.36. The third-order valence-electron chi connectivity index (χ3n) is 4.46. The van der Waals surface area contributed by atoms with Crippen molar-refractivity contribution in [1.29, 1.82) is 0 Å². The number of hydrogen-bond donors (Lipinski definition) is 1. The van der Waals surface area contributed by atoms with E-state index < -0.39 is 0 Å². The summed E-state index contributed by atoms with van der Waals surface area (Å²) < 4.78 is 5.03. The van der Waals surface area contributed by atoms with Gasteiger partial charge in [0, 0.05) is 32.0 Å². The van der Waals surface area contributed by atoms with Crippen molar-refractivity contribution < 1.29 is 4.52 Å². The molecular formula is C14H24N4O. The van der Waals surface area contributed by atoms with Crippen LogP contribution in [-0.2, 0) is 6.42 Å². The van der Waals surface area contributed by atoms with Gasteiger partial charge >= 0.3 is 0 Å². The number of nitrogens with zero attached hydrogens (tertiary/aromatic N) is 3. The molecule has 1 aliphatic heterocycles. The molecule has 1 aromatic rings. The molecule has 2 fully saturated rings. The topological polar surface area (TPSA) is 54.2 Å². The predicted octanol–water partition coefficient (Wildman–Crippen LogP) is 1.53. The minimum absolute atomic E-state index is 0.393. The van der Waals surface area contributed by atoms with Gasteiger partial charge in [0.15, 0.2) is 5.82 Å². The number of nitrogens with one attached hydrogen (secondary N) is 1. The smallest absolute Gasteiger partial charge is 0.223 e. The van der Waals surface area contributed by atoms with E-state index in [4.69, 9.17) is 4.52 Å². The fourth-order valence-corrected chi connectivity index (χ4v) is 3.50. The molecule has 3 rings (SSSR count). The molecule has 0 unspecified atom stereocenters. The Morgan fingerprint density at radius 3 is 2.89 bits per heavy atom. The van der Waals surface area contributed by atoms with Gasteiger partial charge in [0.1, 0.15) is 0 Å². The largest absolute Gasteiger partial charge is 0.340 e. The van der Waals surface area contributed by atoms with Gasteiger partial charge in [-0.2, -0.15) is 4.98 Å². The molecule has 2 aliphatic rings. The second-order valence-corrected chi connectivity index (χ2v) is 6.02. The van der Waals surface area contributed by atoms with Crippen LogP contribution in [0.1, 0.15) is 43.8 Å². The Morgan fingerprint density at radius 1 is 1.32 bits per heavy atom. The molecule has 5 heteroatoms. The van der Waals surface area contributed by atoms with Crippen molar-refractivity contribution >= 4 is 0 Å². The number of aryl methyl sites for hydroxylation is 1. The van der Waals surface area contributed by atoms with Gasteiger partial charge in [0.05, 0.1) is 0 Å². The molecule has 1 N–H and O–H groups in total. The van der Waals surface area contributed by atoms with Crippen molar-refractivity contribution in [2.45, 2.75) is 51.0 Å². The van der Waals surface area contributed by atoms with Gasteiger partial charge in [0.2, 0.25) is 5.89 Å². The summed E-state index contributed by atoms with van der Waals surface area (Å²) in [5.74, 6) is 1.51. The Bertz CT molecular complexity index is 411. The standard InChI is InChI=1S/C14H24N4O/c1-12-16-13(17-19-12)5-10-18-9-4-8-15-14(11-18)6-2-3-7-14/h15H,2-11H2,1H3. The second kappa shape index (κ2) is 5.59. The molecule has 0 atom stereocenters. The van der Waals surface area contributed by atoms with Crippen LogP contribution in [0.3, 0.4) is 0 Å². The lowest BCUT2D eigenvalue weighted by Gasteiger charge is -2.33. The summed E-state index contributed by atoms with van der Waals surface area (Å²) >= 11 is 0. The summed E-state index contributed by atoms with van der Waals surface area (Å²) in [6, 6.07) is 0. The maximum atomic E-state index is 5.03. The van der Waals surface area contributed by atoms with Crippen LogP contribution in [0.5, 0.6) is 0 Å². The SMILES string of the molecule is Cc1nc(CCN2CCCNC3(CCCC3)C2)no1. The van der Waals surface area contributed by atoms with E-state index >= 15 is 0 Å². The molecule has 0 radical (unpaired) electrons. The first-order valence-electron chi connectivity index (χ1n) is 7.52. The van der Waals surface area contributed by atoms with Crippen LogP contribution in [-0.4, -0.2) is 46.8 Å². The lowest BCUT2D eigenvalue weighted by atomic mass is 9.97. The Kier molecular flexibility index (Phi) is 3.84. The molecule has 106 valence electrons. The lowest BCUT2D eigenvalue weighted by Crippen LogP contribution is -2.49. The third-order valence-corrected chi connectivity index (χ3v) is 4.46. The molecular weight excluding hydrogens is 240 g/mol. The first-order valence-corrected chi connectivity index (χ1v) is 7.52. The monoisotopic (exact) mass is 264 g/mol. The molecule has 1 aliphatic carbocycles. The summed E-state index contributed by atoms with van der Waals surface area (Å²) in [5, 5.41) is 7.78. The number of aromatic nitrogens is 2. The van der Waals surface area contributed by atoms with E-state index in [1.807, 2.05) is 6.92 Å². The first kappa shape index (κ1) is 13.1. The van der Waals surface area contributed by atoms with Gasteiger partial charge in [-0.1, -0.05) is 18.0 Å². The van der Waals surface area contributed by atoms with Crippen LogP contribution < -0.4 is 5.32 Å². The fraction of sp³-hybridized carbons (Fsp3) is 0.857. The fourth-order valence-electron chi connectivity index (χ4n) is 3.50. The van der Waals surface area contributed by atoms with Crippen LogP contribution in [0, 0.1) is 6.92 Å². The highest BCUT2D eigenvalue weighted by molar-refractivity contribution is 4.97. The Morgan fingerprint density at radius 2 is 2.16 bits per heavy atom. The summed E-state index contributed by atoms with van der Waals surface area (Å²) in [6.45, 7) is 6.43. The molecule has 1 spiro atoms. The van der Waals surface area contributed by atoms with Gasteiger partial charge in [0.25, 0.3) is 0 Å². The van der Waals surface area contributed by atoms with E-state index in [0.29, 0.717) is 11.4 Å². The molecule has 0 aromatic carbocycles. The van der Waals surface area contributed by atoms with E-state index in [0.717, 1.165) is 25.3 Å². The molecule has 0 bridgehead atoms. The normalized spacial score (nSPS) is 23.8. The van der Waals surface area contributed by atoms with Gasteiger partial charge in [-0.3, -0.25) is 0 Å². The Hall–Kier alpha value is -0.940. The third kappa shape index (κ3) is 3.15. The van der Waals surface area contributed by atoms with Crippen molar-refractivity contribution in [3.8, 4) is 0 Å². The van der Waals surface area contributed by atoms with Crippen molar-refractivity contribution in [2.24, 2.45) is 0 Å². The summed E-state index contributed by atoms with van der Waals surface area (Å²) in [7, 11) is 0. The average molecular weight is 264 g/mol. The van der Waals surface area contributed by atoms with E-state index in [-0.39, 0.29) is 0 Å². The van der Waals surface area contributed by atoms with Gasteiger partial charge in [-0.05, 0) is 32.4 Å². The van der Waals surface area contributed by atoms with Crippen molar-refractivity contribution in [3.05, 3.63) is 11.7 Å². The zero-order valence-corrected chi connectivity index (χ0v) is 11.8.